The van der Waals surface area contributed by atoms with Crippen LogP contribution in [0.1, 0.15) is 5.69 Å². The summed E-state index contributed by atoms with van der Waals surface area (Å²) in [6.45, 7) is 0. The average Bonchev–Trinajstić information content (AvgIpc) is 3.26. The van der Waals surface area contributed by atoms with Gasteiger partial charge in [0.05, 0.1) is 30.5 Å². The molecule has 130 valence electrons. The molecule has 0 spiro atoms. The number of ether oxygens (including phenoxy) is 1. The summed E-state index contributed by atoms with van der Waals surface area (Å²) in [6, 6.07) is 8.81. The molecule has 0 aliphatic carbocycles. The van der Waals surface area contributed by atoms with E-state index in [-0.39, 0.29) is 5.91 Å². The SMILES string of the molecule is COc1ccc(Cl)cc1NC(=O)CSCc1csc(-c2ccco2)n1. The predicted octanol–water partition coefficient (Wildman–Crippen LogP) is 4.94. The predicted molar refractivity (Wildman–Crippen MR) is 103 cm³/mol. The molecule has 0 atom stereocenters. The third-order valence-electron chi connectivity index (χ3n) is 3.20. The van der Waals surface area contributed by atoms with Gasteiger partial charge in [-0.05, 0) is 30.3 Å². The molecule has 0 aliphatic rings. The number of thioether (sulfide) groups is 1. The van der Waals surface area contributed by atoms with Crippen LogP contribution in [0.5, 0.6) is 5.75 Å². The molecule has 1 amide bonds. The maximum Gasteiger partial charge on any atom is 0.234 e. The number of nitrogens with one attached hydrogen (secondary N) is 1. The zero-order valence-corrected chi connectivity index (χ0v) is 15.7. The molecule has 5 nitrogen and oxygen atoms in total. The molecule has 0 bridgehead atoms. The summed E-state index contributed by atoms with van der Waals surface area (Å²) >= 11 is 8.97. The summed E-state index contributed by atoms with van der Waals surface area (Å²) in [4.78, 5) is 16.6. The quantitative estimate of drug-likeness (QED) is 0.615. The van der Waals surface area contributed by atoms with Gasteiger partial charge < -0.3 is 14.5 Å². The third kappa shape index (κ3) is 4.78. The minimum atomic E-state index is -0.118. The molecule has 1 N–H and O–H groups in total. The molecule has 0 aliphatic heterocycles. The first kappa shape index (κ1) is 17.8. The Labute approximate surface area is 158 Å². The van der Waals surface area contributed by atoms with Gasteiger partial charge in [0.1, 0.15) is 5.75 Å². The number of hydrogen-bond donors (Lipinski definition) is 1. The van der Waals surface area contributed by atoms with Crippen LogP contribution in [0, 0.1) is 0 Å². The Balaban J connectivity index is 1.51. The molecule has 3 rings (SSSR count). The van der Waals surface area contributed by atoms with Crippen LogP contribution in [-0.2, 0) is 10.5 Å². The summed E-state index contributed by atoms with van der Waals surface area (Å²) in [7, 11) is 1.55. The van der Waals surface area contributed by atoms with Crippen LogP contribution in [0.25, 0.3) is 10.8 Å². The number of hydrogen-bond acceptors (Lipinski definition) is 6. The molecular formula is C17H15ClN2O3S2. The van der Waals surface area contributed by atoms with Gasteiger partial charge >= 0.3 is 0 Å². The first-order chi connectivity index (χ1) is 12.2. The number of benzene rings is 1. The monoisotopic (exact) mass is 394 g/mol. The largest absolute Gasteiger partial charge is 0.495 e. The molecule has 3 aromatic rings. The molecule has 2 heterocycles. The number of nitrogens with zero attached hydrogens (tertiary/aromatic N) is 1. The van der Waals surface area contributed by atoms with Gasteiger partial charge in [0.25, 0.3) is 0 Å². The van der Waals surface area contributed by atoms with E-state index >= 15 is 0 Å². The van der Waals surface area contributed by atoms with Gasteiger partial charge in [-0.25, -0.2) is 4.98 Å². The Morgan fingerprint density at radius 3 is 3.08 bits per heavy atom. The zero-order chi connectivity index (χ0) is 17.6. The fourth-order valence-corrected chi connectivity index (χ4v) is 3.88. The zero-order valence-electron chi connectivity index (χ0n) is 13.3. The number of furan rings is 1. The molecular weight excluding hydrogens is 380 g/mol. The number of anilines is 1. The van der Waals surface area contributed by atoms with E-state index in [0.29, 0.717) is 28.0 Å². The highest BCUT2D eigenvalue weighted by Crippen LogP contribution is 2.28. The number of thiazole rings is 1. The number of amides is 1. The van der Waals surface area contributed by atoms with Gasteiger partial charge in [0, 0.05) is 16.2 Å². The summed E-state index contributed by atoms with van der Waals surface area (Å²) < 4.78 is 10.5. The van der Waals surface area contributed by atoms with E-state index in [9.17, 15) is 4.79 Å². The summed E-state index contributed by atoms with van der Waals surface area (Å²) in [5, 5.41) is 6.17. The Morgan fingerprint density at radius 1 is 1.44 bits per heavy atom. The summed E-state index contributed by atoms with van der Waals surface area (Å²) in [5.41, 5.74) is 1.49. The van der Waals surface area contributed by atoms with Gasteiger partial charge in [-0.2, -0.15) is 0 Å². The van der Waals surface area contributed by atoms with Crippen LogP contribution in [0.15, 0.2) is 46.4 Å². The van der Waals surface area contributed by atoms with Crippen molar-refractivity contribution in [1.82, 2.24) is 4.98 Å². The van der Waals surface area contributed by atoms with Crippen LogP contribution < -0.4 is 10.1 Å². The van der Waals surface area contributed by atoms with Gasteiger partial charge in [-0.1, -0.05) is 11.6 Å². The molecule has 0 saturated heterocycles. The smallest absolute Gasteiger partial charge is 0.234 e. The molecule has 0 saturated carbocycles. The van der Waals surface area contributed by atoms with Gasteiger partial charge in [0.15, 0.2) is 10.8 Å². The van der Waals surface area contributed by atoms with Crippen LogP contribution >= 0.6 is 34.7 Å². The van der Waals surface area contributed by atoms with E-state index in [0.717, 1.165) is 16.5 Å². The first-order valence-electron chi connectivity index (χ1n) is 7.35. The van der Waals surface area contributed by atoms with Crippen molar-refractivity contribution in [3.8, 4) is 16.5 Å². The normalized spacial score (nSPS) is 10.6. The van der Waals surface area contributed by atoms with Crippen molar-refractivity contribution >= 4 is 46.3 Å². The van der Waals surface area contributed by atoms with E-state index in [1.165, 1.54) is 23.1 Å². The van der Waals surface area contributed by atoms with E-state index in [4.69, 9.17) is 20.8 Å². The molecule has 0 unspecified atom stereocenters. The van der Waals surface area contributed by atoms with Crippen molar-refractivity contribution in [2.45, 2.75) is 5.75 Å². The molecule has 0 radical (unpaired) electrons. The van der Waals surface area contributed by atoms with Gasteiger partial charge in [-0.3, -0.25) is 4.79 Å². The first-order valence-corrected chi connectivity index (χ1v) is 9.76. The number of methoxy groups -OCH3 is 1. The molecule has 0 fully saturated rings. The summed E-state index contributed by atoms with van der Waals surface area (Å²) in [5.74, 6) is 2.17. The lowest BCUT2D eigenvalue weighted by molar-refractivity contribution is -0.113. The Kier molecular flexibility index (Phi) is 6.01. The van der Waals surface area contributed by atoms with Crippen molar-refractivity contribution < 1.29 is 13.9 Å². The fraction of sp³-hybridized carbons (Fsp3) is 0.176. The molecule has 1 aromatic carbocycles. The van der Waals surface area contributed by atoms with Gasteiger partial charge in [0.2, 0.25) is 5.91 Å². The maximum atomic E-state index is 12.1. The minimum Gasteiger partial charge on any atom is -0.495 e. The Hall–Kier alpha value is -1.96. The van der Waals surface area contributed by atoms with E-state index in [2.05, 4.69) is 10.3 Å². The van der Waals surface area contributed by atoms with E-state index in [1.807, 2.05) is 17.5 Å². The Morgan fingerprint density at radius 2 is 2.32 bits per heavy atom. The fourth-order valence-electron chi connectivity index (χ4n) is 2.10. The highest BCUT2D eigenvalue weighted by molar-refractivity contribution is 7.99. The van der Waals surface area contributed by atoms with Crippen LogP contribution in [0.4, 0.5) is 5.69 Å². The van der Waals surface area contributed by atoms with E-state index in [1.54, 1.807) is 31.6 Å². The number of carbonyl (C=O) groups is 1. The standard InChI is InChI=1S/C17H15ClN2O3S2/c1-22-14-5-4-11(18)7-13(14)20-16(21)10-24-8-12-9-25-17(19-12)15-3-2-6-23-15/h2-7,9H,8,10H2,1H3,(H,20,21). The second-order valence-corrected chi connectivity index (χ2v) is 7.29. The third-order valence-corrected chi connectivity index (χ3v) is 5.31. The van der Waals surface area contributed by atoms with Crippen molar-refractivity contribution in [2.75, 3.05) is 18.2 Å². The number of halogens is 1. The summed E-state index contributed by atoms with van der Waals surface area (Å²) in [6.07, 6.45) is 1.62. The molecule has 2 aromatic heterocycles. The highest BCUT2D eigenvalue weighted by Gasteiger charge is 2.10. The topological polar surface area (TPSA) is 64.4 Å². The van der Waals surface area contributed by atoms with Crippen LogP contribution in [-0.4, -0.2) is 23.8 Å². The number of aromatic nitrogens is 1. The lowest BCUT2D eigenvalue weighted by Crippen LogP contribution is -2.14. The number of rotatable bonds is 7. The lowest BCUT2D eigenvalue weighted by atomic mass is 10.3. The van der Waals surface area contributed by atoms with Crippen molar-refractivity contribution in [3.05, 3.63) is 52.7 Å². The van der Waals surface area contributed by atoms with Crippen molar-refractivity contribution in [3.63, 3.8) is 0 Å². The maximum absolute atomic E-state index is 12.1. The highest BCUT2D eigenvalue weighted by atomic mass is 35.5. The minimum absolute atomic E-state index is 0.118. The average molecular weight is 395 g/mol. The molecule has 8 heteroatoms. The van der Waals surface area contributed by atoms with Crippen molar-refractivity contribution in [2.24, 2.45) is 0 Å². The Bertz CT molecular complexity index is 849. The number of carbonyl (C=O) groups excluding carboxylic acids is 1. The second-order valence-electron chi connectivity index (χ2n) is 5.01. The van der Waals surface area contributed by atoms with Crippen LogP contribution in [0.3, 0.4) is 0 Å². The molecule has 25 heavy (non-hydrogen) atoms. The van der Waals surface area contributed by atoms with Crippen molar-refractivity contribution in [1.29, 1.82) is 0 Å². The van der Waals surface area contributed by atoms with E-state index < -0.39 is 0 Å². The van der Waals surface area contributed by atoms with Gasteiger partial charge in [-0.15, -0.1) is 23.1 Å². The second kappa shape index (κ2) is 8.42. The van der Waals surface area contributed by atoms with Crippen LogP contribution in [0.2, 0.25) is 5.02 Å². The lowest BCUT2D eigenvalue weighted by Gasteiger charge is -2.10.